The van der Waals surface area contributed by atoms with Crippen molar-refractivity contribution in [2.24, 2.45) is 0 Å². The monoisotopic (exact) mass is 393 g/mol. The second-order valence-corrected chi connectivity index (χ2v) is 8.24. The molecule has 1 aliphatic carbocycles. The molecule has 0 aliphatic heterocycles. The van der Waals surface area contributed by atoms with Gasteiger partial charge in [0.1, 0.15) is 0 Å². The molecule has 0 aromatic heterocycles. The van der Waals surface area contributed by atoms with Crippen LogP contribution >= 0.6 is 0 Å². The average molecular weight is 394 g/mol. The van der Waals surface area contributed by atoms with Gasteiger partial charge < -0.3 is 10.6 Å². The summed E-state index contributed by atoms with van der Waals surface area (Å²) in [5, 5.41) is 6.00. The van der Waals surface area contributed by atoms with Crippen LogP contribution in [0.1, 0.15) is 41.5 Å². The number of nitrogens with one attached hydrogen (secondary N) is 2. The second-order valence-electron chi connectivity index (χ2n) is 8.24. The van der Waals surface area contributed by atoms with Crippen LogP contribution in [-0.4, -0.2) is 35.8 Å². The van der Waals surface area contributed by atoms with Crippen LogP contribution in [0, 0.1) is 27.7 Å². The van der Waals surface area contributed by atoms with E-state index in [0.29, 0.717) is 25.6 Å². The Morgan fingerprint density at radius 3 is 2.24 bits per heavy atom. The number of benzene rings is 2. The van der Waals surface area contributed by atoms with Crippen molar-refractivity contribution in [3.63, 3.8) is 0 Å². The zero-order chi connectivity index (χ0) is 21.0. The first kappa shape index (κ1) is 21.1. The molecule has 0 saturated heterocycles. The molecule has 5 heteroatoms. The largest absolute Gasteiger partial charge is 0.326 e. The topological polar surface area (TPSA) is 61.4 Å². The fraction of sp³-hybridized carbons (Fsp3) is 0.417. The van der Waals surface area contributed by atoms with Crippen LogP contribution in [0.2, 0.25) is 0 Å². The van der Waals surface area contributed by atoms with Gasteiger partial charge in [-0.1, -0.05) is 18.2 Å². The first-order valence-electron chi connectivity index (χ1n) is 10.3. The third-order valence-corrected chi connectivity index (χ3v) is 5.21. The van der Waals surface area contributed by atoms with Crippen LogP contribution in [0.5, 0.6) is 0 Å². The van der Waals surface area contributed by atoms with Crippen LogP contribution < -0.4 is 10.6 Å². The number of hydrogen-bond donors (Lipinski definition) is 2. The van der Waals surface area contributed by atoms with E-state index in [1.54, 1.807) is 0 Å². The number of rotatable bonds is 8. The molecule has 3 rings (SSSR count). The number of amides is 2. The van der Waals surface area contributed by atoms with Crippen molar-refractivity contribution in [2.45, 2.75) is 53.0 Å². The van der Waals surface area contributed by atoms with Gasteiger partial charge in [-0.3, -0.25) is 14.5 Å². The minimum Gasteiger partial charge on any atom is -0.326 e. The highest BCUT2D eigenvalue weighted by molar-refractivity contribution is 5.93. The first-order chi connectivity index (χ1) is 13.8. The lowest BCUT2D eigenvalue weighted by atomic mass is 10.1. The molecular weight excluding hydrogens is 362 g/mol. The molecule has 0 spiro atoms. The lowest BCUT2D eigenvalue weighted by Gasteiger charge is -2.21. The molecule has 5 nitrogen and oxygen atoms in total. The summed E-state index contributed by atoms with van der Waals surface area (Å²) in [6.07, 6.45) is 2.56. The summed E-state index contributed by atoms with van der Waals surface area (Å²) in [6, 6.07) is 12.5. The van der Waals surface area contributed by atoms with Gasteiger partial charge in [0.2, 0.25) is 11.8 Å². The summed E-state index contributed by atoms with van der Waals surface area (Å²) in [5.74, 6) is -0.0455. The Balaban J connectivity index is 1.53. The predicted molar refractivity (Wildman–Crippen MR) is 118 cm³/mol. The van der Waals surface area contributed by atoms with Crippen molar-refractivity contribution in [1.82, 2.24) is 4.90 Å². The number of nitrogens with zero attached hydrogens (tertiary/aromatic N) is 1. The lowest BCUT2D eigenvalue weighted by Crippen LogP contribution is -2.37. The minimum absolute atomic E-state index is 0.0180. The van der Waals surface area contributed by atoms with E-state index in [9.17, 15) is 9.59 Å². The van der Waals surface area contributed by atoms with Crippen molar-refractivity contribution >= 4 is 23.2 Å². The molecule has 154 valence electrons. The predicted octanol–water partition coefficient (Wildman–Crippen LogP) is 4.35. The SMILES string of the molecule is Cc1cc(C)cc(NC(=O)CCN(CC(=O)Nc2cc(C)ccc2C)C2CC2)c1. The van der Waals surface area contributed by atoms with E-state index in [-0.39, 0.29) is 11.8 Å². The van der Waals surface area contributed by atoms with Gasteiger partial charge >= 0.3 is 0 Å². The number of carbonyl (C=O) groups excluding carboxylic acids is 2. The Labute approximate surface area is 173 Å². The smallest absolute Gasteiger partial charge is 0.238 e. The van der Waals surface area contributed by atoms with Gasteiger partial charge in [-0.2, -0.15) is 0 Å². The number of aryl methyl sites for hydroxylation is 4. The molecular formula is C24H31N3O2. The van der Waals surface area contributed by atoms with Crippen molar-refractivity contribution in [3.05, 3.63) is 58.7 Å². The summed E-state index contributed by atoms with van der Waals surface area (Å²) < 4.78 is 0. The van der Waals surface area contributed by atoms with Gasteiger partial charge in [-0.25, -0.2) is 0 Å². The van der Waals surface area contributed by atoms with E-state index in [2.05, 4.69) is 21.6 Å². The highest BCUT2D eigenvalue weighted by Gasteiger charge is 2.30. The molecule has 29 heavy (non-hydrogen) atoms. The Morgan fingerprint density at radius 1 is 0.897 bits per heavy atom. The van der Waals surface area contributed by atoms with Gasteiger partial charge in [-0.15, -0.1) is 0 Å². The van der Waals surface area contributed by atoms with Gasteiger partial charge in [0, 0.05) is 30.4 Å². The highest BCUT2D eigenvalue weighted by atomic mass is 16.2. The summed E-state index contributed by atoms with van der Waals surface area (Å²) in [4.78, 5) is 27.1. The molecule has 0 bridgehead atoms. The van der Waals surface area contributed by atoms with Crippen molar-refractivity contribution in [2.75, 3.05) is 23.7 Å². The third kappa shape index (κ3) is 6.43. The van der Waals surface area contributed by atoms with Crippen LogP contribution in [0.25, 0.3) is 0 Å². The average Bonchev–Trinajstić information content (AvgIpc) is 3.46. The fourth-order valence-corrected chi connectivity index (χ4v) is 3.59. The van der Waals surface area contributed by atoms with Crippen molar-refractivity contribution in [3.8, 4) is 0 Å². The maximum atomic E-state index is 12.6. The Hall–Kier alpha value is -2.66. The van der Waals surface area contributed by atoms with E-state index in [1.807, 2.05) is 58.0 Å². The maximum Gasteiger partial charge on any atom is 0.238 e. The Kier molecular flexibility index (Phi) is 6.70. The zero-order valence-electron chi connectivity index (χ0n) is 17.8. The number of hydrogen-bond acceptors (Lipinski definition) is 3. The van der Waals surface area contributed by atoms with E-state index < -0.39 is 0 Å². The lowest BCUT2D eigenvalue weighted by molar-refractivity contribution is -0.119. The molecule has 0 atom stereocenters. The van der Waals surface area contributed by atoms with Gasteiger partial charge in [-0.05, 0) is 81.0 Å². The second kappa shape index (κ2) is 9.23. The van der Waals surface area contributed by atoms with Crippen molar-refractivity contribution in [1.29, 1.82) is 0 Å². The van der Waals surface area contributed by atoms with Crippen LogP contribution in [0.4, 0.5) is 11.4 Å². The zero-order valence-corrected chi connectivity index (χ0v) is 17.8. The molecule has 1 saturated carbocycles. The molecule has 2 aromatic carbocycles. The van der Waals surface area contributed by atoms with E-state index in [4.69, 9.17) is 0 Å². The van der Waals surface area contributed by atoms with Crippen LogP contribution in [-0.2, 0) is 9.59 Å². The molecule has 2 aromatic rings. The number of carbonyl (C=O) groups is 2. The number of anilines is 2. The third-order valence-electron chi connectivity index (χ3n) is 5.21. The van der Waals surface area contributed by atoms with Gasteiger partial charge in [0.25, 0.3) is 0 Å². The van der Waals surface area contributed by atoms with Crippen LogP contribution in [0.15, 0.2) is 36.4 Å². The Morgan fingerprint density at radius 2 is 1.59 bits per heavy atom. The molecule has 0 radical (unpaired) electrons. The summed E-state index contributed by atoms with van der Waals surface area (Å²) >= 11 is 0. The normalized spacial score (nSPS) is 13.4. The molecule has 0 unspecified atom stereocenters. The van der Waals surface area contributed by atoms with E-state index >= 15 is 0 Å². The molecule has 2 N–H and O–H groups in total. The molecule has 2 amide bonds. The summed E-state index contributed by atoms with van der Waals surface area (Å²) in [6.45, 7) is 8.94. The maximum absolute atomic E-state index is 12.6. The van der Waals surface area contributed by atoms with E-state index in [0.717, 1.165) is 46.5 Å². The van der Waals surface area contributed by atoms with E-state index in [1.165, 1.54) is 0 Å². The van der Waals surface area contributed by atoms with Crippen LogP contribution in [0.3, 0.4) is 0 Å². The first-order valence-corrected chi connectivity index (χ1v) is 10.3. The van der Waals surface area contributed by atoms with Gasteiger partial charge in [0.15, 0.2) is 0 Å². The summed E-state index contributed by atoms with van der Waals surface area (Å²) in [5.41, 5.74) is 6.12. The highest BCUT2D eigenvalue weighted by Crippen LogP contribution is 2.27. The standard InChI is InChI=1S/C24H31N3O2/c1-16-5-6-19(4)22(14-16)26-24(29)15-27(21-7-8-21)10-9-23(28)25-20-12-17(2)11-18(3)13-20/h5-6,11-14,21H,7-10,15H2,1-4H3,(H,25,28)(H,26,29). The fourth-order valence-electron chi connectivity index (χ4n) is 3.59. The Bertz CT molecular complexity index is 883. The van der Waals surface area contributed by atoms with Gasteiger partial charge in [0.05, 0.1) is 6.54 Å². The molecule has 1 fully saturated rings. The summed E-state index contributed by atoms with van der Waals surface area (Å²) in [7, 11) is 0. The molecule has 1 aliphatic rings. The quantitative estimate of drug-likeness (QED) is 0.701. The minimum atomic E-state index is -0.0275. The van der Waals surface area contributed by atoms with Crippen molar-refractivity contribution < 1.29 is 9.59 Å². The molecule has 0 heterocycles.